The first-order valence-corrected chi connectivity index (χ1v) is 12.5. The first-order valence-electron chi connectivity index (χ1n) is 9.62. The maximum Gasteiger partial charge on any atom is 0.192 e. The maximum absolute atomic E-state index is 6.55. The average Bonchev–Trinajstić information content (AvgIpc) is 2.53. The summed E-state index contributed by atoms with van der Waals surface area (Å²) in [5.41, 5.74) is 0. The van der Waals surface area contributed by atoms with Gasteiger partial charge in [-0.3, -0.25) is 0 Å². The van der Waals surface area contributed by atoms with E-state index < -0.39 is 8.32 Å². The van der Waals surface area contributed by atoms with E-state index in [1.165, 1.54) is 32.1 Å². The normalized spacial score (nSPS) is 19.0. The van der Waals surface area contributed by atoms with Gasteiger partial charge in [0.15, 0.2) is 8.32 Å². The molecular weight excluding hydrogens is 308 g/mol. The zero-order chi connectivity index (χ0) is 18.2. The van der Waals surface area contributed by atoms with Gasteiger partial charge in [0, 0.05) is 18.3 Å². The molecule has 1 rings (SSSR count). The molecular formula is C22H38OSi. The molecule has 24 heavy (non-hydrogen) atoms. The third kappa shape index (κ3) is 6.61. The fraction of sp³-hybridized carbons (Fsp3) is 0.727. The highest BCUT2D eigenvalue weighted by Gasteiger charge is 2.39. The molecule has 1 aliphatic rings. The van der Waals surface area contributed by atoms with E-state index in [0.717, 1.165) is 12.8 Å². The molecule has 2 heteroatoms. The van der Waals surface area contributed by atoms with Crippen LogP contribution in [0.1, 0.15) is 65.7 Å². The molecule has 1 aliphatic carbocycles. The summed E-state index contributed by atoms with van der Waals surface area (Å²) in [5, 5.41) is 0.209. The Morgan fingerprint density at radius 3 is 2.25 bits per heavy atom. The molecule has 0 spiro atoms. The summed E-state index contributed by atoms with van der Waals surface area (Å²) in [7, 11) is -1.80. The van der Waals surface area contributed by atoms with Crippen molar-refractivity contribution in [2.75, 3.05) is 0 Å². The zero-order valence-electron chi connectivity index (χ0n) is 16.7. The van der Waals surface area contributed by atoms with Gasteiger partial charge in [-0.05, 0) is 37.4 Å². The van der Waals surface area contributed by atoms with Crippen molar-refractivity contribution in [1.82, 2.24) is 0 Å². The fourth-order valence-electron chi connectivity index (χ4n) is 2.95. The summed E-state index contributed by atoms with van der Waals surface area (Å²) < 4.78 is 6.55. The Bertz CT molecular complexity index is 455. The van der Waals surface area contributed by atoms with Gasteiger partial charge in [-0.15, -0.1) is 19.1 Å². The highest BCUT2D eigenvalue weighted by atomic mass is 28.4. The average molecular weight is 347 g/mol. The summed E-state index contributed by atoms with van der Waals surface area (Å²) in [4.78, 5) is 0. The van der Waals surface area contributed by atoms with Crippen LogP contribution >= 0.6 is 0 Å². The predicted molar refractivity (Wildman–Crippen MR) is 110 cm³/mol. The Morgan fingerprint density at radius 2 is 1.75 bits per heavy atom. The van der Waals surface area contributed by atoms with E-state index in [9.17, 15) is 0 Å². The minimum Gasteiger partial charge on any atom is -0.410 e. The van der Waals surface area contributed by atoms with Gasteiger partial charge in [-0.1, -0.05) is 58.1 Å². The third-order valence-electron chi connectivity index (χ3n) is 5.71. The van der Waals surface area contributed by atoms with Crippen LogP contribution < -0.4 is 0 Å². The van der Waals surface area contributed by atoms with Crippen LogP contribution in [0.3, 0.4) is 0 Å². The molecule has 1 fully saturated rings. The van der Waals surface area contributed by atoms with E-state index in [4.69, 9.17) is 4.43 Å². The van der Waals surface area contributed by atoms with Crippen molar-refractivity contribution in [3.05, 3.63) is 25.3 Å². The van der Waals surface area contributed by atoms with E-state index in [1.807, 2.05) is 12.2 Å². The summed E-state index contributed by atoms with van der Waals surface area (Å²) >= 11 is 0. The van der Waals surface area contributed by atoms with Crippen LogP contribution in [0.25, 0.3) is 0 Å². The molecule has 0 aromatic heterocycles. The van der Waals surface area contributed by atoms with Crippen molar-refractivity contribution in [1.29, 1.82) is 0 Å². The maximum atomic E-state index is 6.55. The molecule has 1 saturated carbocycles. The minimum absolute atomic E-state index is 0.0554. The van der Waals surface area contributed by atoms with Crippen molar-refractivity contribution in [3.63, 3.8) is 0 Å². The topological polar surface area (TPSA) is 9.23 Å². The first kappa shape index (κ1) is 21.3. The molecule has 0 unspecified atom stereocenters. The Kier molecular flexibility index (Phi) is 8.54. The van der Waals surface area contributed by atoms with E-state index >= 15 is 0 Å². The van der Waals surface area contributed by atoms with Crippen LogP contribution in [0, 0.1) is 23.7 Å². The Morgan fingerprint density at radius 1 is 1.12 bits per heavy atom. The van der Waals surface area contributed by atoms with Gasteiger partial charge in [0.1, 0.15) is 0 Å². The molecule has 0 aromatic rings. The van der Waals surface area contributed by atoms with Crippen molar-refractivity contribution in [3.8, 4) is 11.8 Å². The molecule has 0 aliphatic heterocycles. The highest BCUT2D eigenvalue weighted by Crippen LogP contribution is 2.38. The molecule has 2 atom stereocenters. The second-order valence-corrected chi connectivity index (χ2v) is 13.4. The van der Waals surface area contributed by atoms with Crippen LogP contribution in [0.4, 0.5) is 0 Å². The molecule has 0 saturated heterocycles. The minimum atomic E-state index is -1.80. The van der Waals surface area contributed by atoms with Crippen molar-refractivity contribution >= 4 is 8.32 Å². The van der Waals surface area contributed by atoms with Gasteiger partial charge in [0.25, 0.3) is 0 Å². The molecule has 0 amide bonds. The quantitative estimate of drug-likeness (QED) is 0.282. The Hall–Kier alpha value is -0.783. The summed E-state index contributed by atoms with van der Waals surface area (Å²) in [6, 6.07) is 0. The van der Waals surface area contributed by atoms with Crippen LogP contribution in [-0.4, -0.2) is 14.4 Å². The third-order valence-corrected chi connectivity index (χ3v) is 10.2. The SMILES string of the molecule is C=C[C@H](O[Si](C)(C)C(C)(C)C)[C@@H](C=C)CCC#CC1CCCCC1. The van der Waals surface area contributed by atoms with Gasteiger partial charge < -0.3 is 4.43 Å². The van der Waals surface area contributed by atoms with Crippen LogP contribution in [0.15, 0.2) is 25.3 Å². The summed E-state index contributed by atoms with van der Waals surface area (Å²) in [6.07, 6.45) is 12.7. The molecule has 0 heterocycles. The Labute approximate surface area is 152 Å². The van der Waals surface area contributed by atoms with Crippen LogP contribution in [0.5, 0.6) is 0 Å². The van der Waals surface area contributed by atoms with Gasteiger partial charge in [0.2, 0.25) is 0 Å². The molecule has 0 aromatic carbocycles. The molecule has 0 bridgehead atoms. The first-order chi connectivity index (χ1) is 11.2. The second kappa shape index (κ2) is 9.64. The lowest BCUT2D eigenvalue weighted by molar-refractivity contribution is 0.178. The predicted octanol–water partition coefficient (Wildman–Crippen LogP) is 6.73. The van der Waals surface area contributed by atoms with Crippen molar-refractivity contribution < 1.29 is 4.43 Å². The van der Waals surface area contributed by atoms with Crippen LogP contribution in [-0.2, 0) is 4.43 Å². The van der Waals surface area contributed by atoms with Gasteiger partial charge in [-0.25, -0.2) is 0 Å². The van der Waals surface area contributed by atoms with E-state index in [0.29, 0.717) is 11.8 Å². The zero-order valence-corrected chi connectivity index (χ0v) is 17.7. The van der Waals surface area contributed by atoms with E-state index in [2.05, 4.69) is 58.9 Å². The molecule has 1 nitrogen and oxygen atoms in total. The monoisotopic (exact) mass is 346 g/mol. The summed E-state index contributed by atoms with van der Waals surface area (Å²) in [6.45, 7) is 19.5. The molecule has 136 valence electrons. The highest BCUT2D eigenvalue weighted by molar-refractivity contribution is 6.74. The lowest BCUT2D eigenvalue weighted by Crippen LogP contribution is -2.45. The van der Waals surface area contributed by atoms with Crippen LogP contribution in [0.2, 0.25) is 18.1 Å². The molecule has 0 N–H and O–H groups in total. The molecule has 0 radical (unpaired) electrons. The smallest absolute Gasteiger partial charge is 0.192 e. The number of hydrogen-bond donors (Lipinski definition) is 0. The van der Waals surface area contributed by atoms with Gasteiger partial charge in [-0.2, -0.15) is 0 Å². The van der Waals surface area contributed by atoms with Gasteiger partial charge in [0.05, 0.1) is 6.10 Å². The summed E-state index contributed by atoms with van der Waals surface area (Å²) in [5.74, 6) is 7.85. The van der Waals surface area contributed by atoms with Crippen molar-refractivity contribution in [2.24, 2.45) is 11.8 Å². The number of hydrogen-bond acceptors (Lipinski definition) is 1. The lowest BCUT2D eigenvalue weighted by atomic mass is 9.89. The van der Waals surface area contributed by atoms with Gasteiger partial charge >= 0.3 is 0 Å². The standard InChI is InChI=1S/C22H38OSi/c1-8-20(18-14-13-17-19-15-11-10-12-16-19)21(9-2)23-24(6,7)22(3,4)5/h8-9,19-21H,1-2,10-12,14-16,18H2,3-7H3/t20-,21-/m0/s1. The number of rotatable bonds is 7. The largest absolute Gasteiger partial charge is 0.410 e. The van der Waals surface area contributed by atoms with E-state index in [-0.39, 0.29) is 11.1 Å². The van der Waals surface area contributed by atoms with E-state index in [1.54, 1.807) is 0 Å². The Balaban J connectivity index is 2.58. The fourth-order valence-corrected chi connectivity index (χ4v) is 4.25. The van der Waals surface area contributed by atoms with Crippen molar-refractivity contribution in [2.45, 2.75) is 90.0 Å². The lowest BCUT2D eigenvalue weighted by Gasteiger charge is -2.40. The second-order valence-electron chi connectivity index (χ2n) is 8.67.